The first-order chi connectivity index (χ1) is 33.8. The van der Waals surface area contributed by atoms with E-state index in [0.29, 0.717) is 0 Å². The molecule has 2 nitrogen and oxygen atoms in total. The van der Waals surface area contributed by atoms with Crippen LogP contribution in [0.25, 0.3) is 56.0 Å². The van der Waals surface area contributed by atoms with Crippen molar-refractivity contribution < 1.29 is 0 Å². The summed E-state index contributed by atoms with van der Waals surface area (Å²) in [5.41, 5.74) is 21.1. The highest BCUT2D eigenvalue weighted by Crippen LogP contribution is 2.53. The number of hydrogen-bond donors (Lipinski definition) is 0. The highest BCUT2D eigenvalue weighted by molar-refractivity contribution is 6.14. The lowest BCUT2D eigenvalue weighted by atomic mass is 9.81. The van der Waals surface area contributed by atoms with Crippen LogP contribution in [-0.2, 0) is 16.2 Å². The zero-order valence-corrected chi connectivity index (χ0v) is 41.3. The van der Waals surface area contributed by atoms with Crippen LogP contribution in [0, 0.1) is 0 Å². The minimum atomic E-state index is -0.212. The predicted molar refractivity (Wildman–Crippen MR) is 300 cm³/mol. The van der Waals surface area contributed by atoms with Crippen LogP contribution in [0.1, 0.15) is 87.4 Å². The van der Waals surface area contributed by atoms with Crippen LogP contribution < -0.4 is 9.80 Å². The van der Waals surface area contributed by atoms with E-state index in [1.807, 2.05) is 0 Å². The zero-order valence-electron chi connectivity index (χ0n) is 41.3. The molecule has 0 amide bonds. The normalized spacial score (nSPS) is 14.1. The van der Waals surface area contributed by atoms with Crippen LogP contribution in [0.4, 0.5) is 34.1 Å². The largest absolute Gasteiger partial charge is 0.310 e. The number of fused-ring (bicyclic) bond motifs is 9. The second-order valence-electron chi connectivity index (χ2n) is 21.5. The van der Waals surface area contributed by atoms with Crippen molar-refractivity contribution in [3.8, 4) is 22.3 Å². The van der Waals surface area contributed by atoms with E-state index in [1.54, 1.807) is 0 Å². The maximum Gasteiger partial charge on any atom is 0.0546 e. The third kappa shape index (κ3) is 7.16. The Morgan fingerprint density at radius 3 is 1.26 bits per heavy atom. The molecular weight excluding hydrogens is 845 g/mol. The number of anilines is 6. The van der Waals surface area contributed by atoms with Crippen molar-refractivity contribution in [2.45, 2.75) is 64.7 Å². The van der Waals surface area contributed by atoms with E-state index in [9.17, 15) is 0 Å². The standard InChI is InChI=1S/C68H58N2/c1-66(2,3)48-30-32-51(33-31-48)70(65-42-47-18-14-15-23-54(47)55-24-16-17-25-60(55)65)53-35-39-59-57-37-29-46(41-62(57)68(6,7)64(59)44-53)27-26-45-28-36-56-58-38-34-52(43-63(58)67(4,5)61(56)40-45)69(49-19-10-8-11-20-49)50-21-12-9-13-22-50/h8-44H,1-7H3/b27-26+. The molecule has 2 aliphatic rings. The van der Waals surface area contributed by atoms with Gasteiger partial charge in [0.2, 0.25) is 0 Å². The molecule has 340 valence electrons. The Morgan fingerprint density at radius 1 is 0.343 bits per heavy atom. The number of hydrogen-bond acceptors (Lipinski definition) is 2. The van der Waals surface area contributed by atoms with E-state index >= 15 is 0 Å². The van der Waals surface area contributed by atoms with Gasteiger partial charge in [0.25, 0.3) is 0 Å². The van der Waals surface area contributed by atoms with Crippen LogP contribution >= 0.6 is 0 Å². The Bertz CT molecular complexity index is 3640. The molecule has 0 aliphatic heterocycles. The number of benzene rings is 10. The summed E-state index contributed by atoms with van der Waals surface area (Å²) < 4.78 is 0. The van der Waals surface area contributed by atoms with Crippen molar-refractivity contribution in [2.75, 3.05) is 9.80 Å². The molecule has 0 fully saturated rings. The van der Waals surface area contributed by atoms with Crippen LogP contribution in [0.15, 0.2) is 212 Å². The summed E-state index contributed by atoms with van der Waals surface area (Å²) in [5, 5.41) is 5.01. The molecule has 0 unspecified atom stereocenters. The third-order valence-corrected chi connectivity index (χ3v) is 15.4. The van der Waals surface area contributed by atoms with E-state index in [4.69, 9.17) is 0 Å². The van der Waals surface area contributed by atoms with Gasteiger partial charge >= 0.3 is 0 Å². The molecule has 70 heavy (non-hydrogen) atoms. The summed E-state index contributed by atoms with van der Waals surface area (Å²) in [4.78, 5) is 4.84. The molecule has 0 spiro atoms. The van der Waals surface area contributed by atoms with E-state index in [-0.39, 0.29) is 16.2 Å². The lowest BCUT2D eigenvalue weighted by Gasteiger charge is -2.30. The lowest BCUT2D eigenvalue weighted by Crippen LogP contribution is -2.17. The number of para-hydroxylation sites is 2. The first-order valence-electron chi connectivity index (χ1n) is 24.8. The number of nitrogens with zero attached hydrogens (tertiary/aromatic N) is 2. The first kappa shape index (κ1) is 43.3. The molecule has 0 saturated carbocycles. The Kier molecular flexibility index (Phi) is 10.1. The second-order valence-corrected chi connectivity index (χ2v) is 21.5. The third-order valence-electron chi connectivity index (χ3n) is 15.4. The van der Waals surface area contributed by atoms with Gasteiger partial charge < -0.3 is 9.80 Å². The van der Waals surface area contributed by atoms with E-state index in [0.717, 1.165) is 28.4 Å². The monoisotopic (exact) mass is 902 g/mol. The SMILES string of the molecule is CC(C)(C)c1ccc(N(c2ccc3c(c2)C(C)(C)c2cc(/C=C/c4ccc5c(c4)C(C)(C)c4cc(N(c6ccccc6)c6ccccc6)ccc4-5)ccc2-3)c2cc3ccccc3c3ccccc23)cc1. The van der Waals surface area contributed by atoms with Gasteiger partial charge in [-0.05, 0) is 150 Å². The summed E-state index contributed by atoms with van der Waals surface area (Å²) in [6.07, 6.45) is 4.59. The van der Waals surface area contributed by atoms with Crippen molar-refractivity contribution in [1.29, 1.82) is 0 Å². The molecule has 0 radical (unpaired) electrons. The molecule has 0 saturated heterocycles. The molecule has 0 aromatic heterocycles. The fraction of sp³-hybridized carbons (Fsp3) is 0.147. The summed E-state index contributed by atoms with van der Waals surface area (Å²) in [7, 11) is 0. The van der Waals surface area contributed by atoms with E-state index in [2.05, 4.69) is 283 Å². The lowest BCUT2D eigenvalue weighted by molar-refractivity contribution is 0.590. The van der Waals surface area contributed by atoms with Crippen LogP contribution in [0.2, 0.25) is 0 Å². The first-order valence-corrected chi connectivity index (χ1v) is 24.8. The fourth-order valence-corrected chi connectivity index (χ4v) is 11.5. The van der Waals surface area contributed by atoms with Crippen molar-refractivity contribution in [2.24, 2.45) is 0 Å². The van der Waals surface area contributed by atoms with Gasteiger partial charge in [-0.25, -0.2) is 0 Å². The Hall–Kier alpha value is -7.94. The van der Waals surface area contributed by atoms with Crippen LogP contribution in [0.3, 0.4) is 0 Å². The van der Waals surface area contributed by atoms with Crippen molar-refractivity contribution in [1.82, 2.24) is 0 Å². The molecule has 0 heterocycles. The van der Waals surface area contributed by atoms with Gasteiger partial charge in [0.05, 0.1) is 5.69 Å². The van der Waals surface area contributed by atoms with Crippen molar-refractivity contribution in [3.63, 3.8) is 0 Å². The summed E-state index contributed by atoms with van der Waals surface area (Å²) in [6, 6.07) is 78.9. The Labute approximate surface area is 413 Å². The van der Waals surface area contributed by atoms with Crippen molar-refractivity contribution >= 4 is 67.8 Å². The molecule has 10 aromatic carbocycles. The summed E-state index contributed by atoms with van der Waals surface area (Å²) >= 11 is 0. The average molecular weight is 903 g/mol. The zero-order chi connectivity index (χ0) is 47.9. The predicted octanol–water partition coefficient (Wildman–Crippen LogP) is 19.0. The number of rotatable bonds is 8. The molecule has 10 aromatic rings. The Balaban J connectivity index is 0.869. The van der Waals surface area contributed by atoms with Gasteiger partial charge in [-0.2, -0.15) is 0 Å². The minimum Gasteiger partial charge on any atom is -0.310 e. The highest BCUT2D eigenvalue weighted by Gasteiger charge is 2.38. The molecule has 0 atom stereocenters. The van der Waals surface area contributed by atoms with Crippen LogP contribution in [-0.4, -0.2) is 0 Å². The van der Waals surface area contributed by atoms with E-state index in [1.165, 1.54) is 88.4 Å². The molecule has 2 heteroatoms. The highest BCUT2D eigenvalue weighted by atomic mass is 15.1. The van der Waals surface area contributed by atoms with Gasteiger partial charge in [0, 0.05) is 44.7 Å². The quantitative estimate of drug-likeness (QED) is 0.111. The maximum atomic E-state index is 2.48. The minimum absolute atomic E-state index is 0.0570. The average Bonchev–Trinajstić information content (AvgIpc) is 3.74. The second kappa shape index (κ2) is 16.4. The van der Waals surface area contributed by atoms with Crippen LogP contribution in [0.5, 0.6) is 0 Å². The molecule has 12 rings (SSSR count). The summed E-state index contributed by atoms with van der Waals surface area (Å²) in [5.74, 6) is 0. The molecule has 2 aliphatic carbocycles. The smallest absolute Gasteiger partial charge is 0.0546 e. The topological polar surface area (TPSA) is 6.48 Å². The molecule has 0 N–H and O–H groups in total. The fourth-order valence-electron chi connectivity index (χ4n) is 11.5. The van der Waals surface area contributed by atoms with Gasteiger partial charge in [0.1, 0.15) is 0 Å². The van der Waals surface area contributed by atoms with Gasteiger partial charge in [0.15, 0.2) is 0 Å². The van der Waals surface area contributed by atoms with Crippen molar-refractivity contribution in [3.05, 3.63) is 251 Å². The summed E-state index contributed by atoms with van der Waals surface area (Å²) in [6.45, 7) is 16.4. The Morgan fingerprint density at radius 2 is 0.743 bits per heavy atom. The van der Waals surface area contributed by atoms with Gasteiger partial charge in [-0.15, -0.1) is 0 Å². The molecular formula is C68H58N2. The molecule has 0 bridgehead atoms. The van der Waals surface area contributed by atoms with Gasteiger partial charge in [-0.3, -0.25) is 0 Å². The van der Waals surface area contributed by atoms with E-state index < -0.39 is 0 Å². The van der Waals surface area contributed by atoms with Gasteiger partial charge in [-0.1, -0.05) is 206 Å². The maximum absolute atomic E-state index is 2.48.